The second kappa shape index (κ2) is 7.21. The zero-order valence-electron chi connectivity index (χ0n) is 12.9. The molecule has 1 fully saturated rings. The normalized spacial score (nSPS) is 16.7. The van der Waals surface area contributed by atoms with E-state index in [-0.39, 0.29) is 10.8 Å². The maximum atomic E-state index is 12.1. The molecule has 0 unspecified atom stereocenters. The van der Waals surface area contributed by atoms with E-state index in [1.165, 1.54) is 38.4 Å². The Hall–Kier alpha value is -1.44. The molecule has 0 spiro atoms. The number of hydrogen-bond donors (Lipinski definition) is 1. The van der Waals surface area contributed by atoms with E-state index in [4.69, 9.17) is 4.74 Å². The molecule has 6 nitrogen and oxygen atoms in total. The van der Waals surface area contributed by atoms with Crippen LogP contribution in [0.4, 0.5) is 0 Å². The van der Waals surface area contributed by atoms with Crippen LogP contribution >= 0.6 is 0 Å². The maximum Gasteiger partial charge on any atom is 0.251 e. The number of amides is 1. The minimum Gasteiger partial charge on any atom is -0.381 e. The third-order valence-electron chi connectivity index (χ3n) is 3.79. The Labute approximate surface area is 131 Å². The highest BCUT2D eigenvalue weighted by Crippen LogP contribution is 2.15. The number of nitrogens with zero attached hydrogens (tertiary/aromatic N) is 1. The van der Waals surface area contributed by atoms with Crippen molar-refractivity contribution in [3.05, 3.63) is 29.8 Å². The summed E-state index contributed by atoms with van der Waals surface area (Å²) in [5.41, 5.74) is 0.463. The van der Waals surface area contributed by atoms with Gasteiger partial charge in [0, 0.05) is 39.4 Å². The molecule has 7 heteroatoms. The van der Waals surface area contributed by atoms with E-state index >= 15 is 0 Å². The van der Waals surface area contributed by atoms with Gasteiger partial charge in [0.25, 0.3) is 5.91 Å². The van der Waals surface area contributed by atoms with Crippen molar-refractivity contribution in [2.24, 2.45) is 5.92 Å². The van der Waals surface area contributed by atoms with Gasteiger partial charge >= 0.3 is 0 Å². The fraction of sp³-hybridized carbons (Fsp3) is 0.533. The first-order valence-electron chi connectivity index (χ1n) is 7.30. The van der Waals surface area contributed by atoms with Gasteiger partial charge in [-0.05, 0) is 43.0 Å². The van der Waals surface area contributed by atoms with E-state index in [2.05, 4.69) is 5.32 Å². The van der Waals surface area contributed by atoms with Gasteiger partial charge in [0.15, 0.2) is 0 Å². The molecule has 1 aliphatic heterocycles. The van der Waals surface area contributed by atoms with Crippen LogP contribution in [0.25, 0.3) is 0 Å². The van der Waals surface area contributed by atoms with Gasteiger partial charge in [0.1, 0.15) is 0 Å². The fourth-order valence-corrected chi connectivity index (χ4v) is 3.18. The van der Waals surface area contributed by atoms with Crippen LogP contribution in [0.1, 0.15) is 23.2 Å². The van der Waals surface area contributed by atoms with Crippen molar-refractivity contribution in [3.8, 4) is 0 Å². The number of nitrogens with one attached hydrogen (secondary N) is 1. The predicted octanol–water partition coefficient (Wildman–Crippen LogP) is 1.09. The summed E-state index contributed by atoms with van der Waals surface area (Å²) in [5.74, 6) is 0.270. The third kappa shape index (κ3) is 4.06. The molecule has 1 amide bonds. The molecule has 1 aliphatic rings. The molecule has 0 atom stereocenters. The maximum absolute atomic E-state index is 12.1. The summed E-state index contributed by atoms with van der Waals surface area (Å²) < 4.78 is 30.3. The van der Waals surface area contributed by atoms with Gasteiger partial charge in [-0.3, -0.25) is 4.79 Å². The Morgan fingerprint density at radius 1 is 1.23 bits per heavy atom. The van der Waals surface area contributed by atoms with E-state index in [0.29, 0.717) is 18.0 Å². The van der Waals surface area contributed by atoms with Crippen LogP contribution < -0.4 is 5.32 Å². The van der Waals surface area contributed by atoms with Crippen LogP contribution in [0.15, 0.2) is 29.2 Å². The largest absolute Gasteiger partial charge is 0.381 e. The highest BCUT2D eigenvalue weighted by molar-refractivity contribution is 7.89. The number of carbonyl (C=O) groups is 1. The molecule has 1 saturated heterocycles. The monoisotopic (exact) mass is 326 g/mol. The Morgan fingerprint density at radius 2 is 1.82 bits per heavy atom. The summed E-state index contributed by atoms with van der Waals surface area (Å²) in [5, 5.41) is 2.90. The van der Waals surface area contributed by atoms with Crippen molar-refractivity contribution in [1.82, 2.24) is 9.62 Å². The van der Waals surface area contributed by atoms with E-state index in [9.17, 15) is 13.2 Å². The highest BCUT2D eigenvalue weighted by atomic mass is 32.2. The molecule has 0 aliphatic carbocycles. The van der Waals surface area contributed by atoms with Crippen molar-refractivity contribution >= 4 is 15.9 Å². The number of carbonyl (C=O) groups excluding carboxylic acids is 1. The van der Waals surface area contributed by atoms with Crippen LogP contribution in [0.3, 0.4) is 0 Å². The first-order chi connectivity index (χ1) is 10.4. The Kier molecular flexibility index (Phi) is 5.55. The molecule has 1 aromatic carbocycles. The Morgan fingerprint density at radius 3 is 2.36 bits per heavy atom. The van der Waals surface area contributed by atoms with Crippen molar-refractivity contribution < 1.29 is 17.9 Å². The average Bonchev–Trinajstić information content (AvgIpc) is 2.53. The number of ether oxygens (including phenoxy) is 1. The second-order valence-corrected chi connectivity index (χ2v) is 7.73. The summed E-state index contributed by atoms with van der Waals surface area (Å²) in [4.78, 5) is 12.3. The number of benzene rings is 1. The van der Waals surface area contributed by atoms with Gasteiger partial charge in [-0.15, -0.1) is 0 Å². The standard InChI is InChI=1S/C15H22N2O4S/c1-17(2)22(19,20)14-5-3-13(4-6-14)15(18)16-11-12-7-9-21-10-8-12/h3-6,12H,7-11H2,1-2H3,(H,16,18). The number of rotatable bonds is 5. The lowest BCUT2D eigenvalue weighted by atomic mass is 10.0. The lowest BCUT2D eigenvalue weighted by Gasteiger charge is -2.22. The number of hydrogen-bond acceptors (Lipinski definition) is 4. The zero-order chi connectivity index (χ0) is 16.2. The SMILES string of the molecule is CN(C)S(=O)(=O)c1ccc(C(=O)NCC2CCOCC2)cc1. The molecule has 22 heavy (non-hydrogen) atoms. The lowest BCUT2D eigenvalue weighted by molar-refractivity contribution is 0.0642. The number of sulfonamides is 1. The molecule has 0 saturated carbocycles. The van der Waals surface area contributed by atoms with Gasteiger partial charge in [-0.25, -0.2) is 12.7 Å². The molecule has 2 rings (SSSR count). The predicted molar refractivity (Wildman–Crippen MR) is 83.2 cm³/mol. The minimum absolute atomic E-state index is 0.179. The molecule has 1 N–H and O–H groups in total. The summed E-state index contributed by atoms with van der Waals surface area (Å²) in [6, 6.07) is 5.99. The topological polar surface area (TPSA) is 75.7 Å². The molecule has 1 heterocycles. The first-order valence-corrected chi connectivity index (χ1v) is 8.74. The molecular formula is C15H22N2O4S. The lowest BCUT2D eigenvalue weighted by Crippen LogP contribution is -2.32. The Balaban J connectivity index is 1.96. The van der Waals surface area contributed by atoms with E-state index in [0.717, 1.165) is 30.4 Å². The van der Waals surface area contributed by atoms with Crippen LogP contribution in [0, 0.1) is 5.92 Å². The average molecular weight is 326 g/mol. The molecule has 122 valence electrons. The third-order valence-corrected chi connectivity index (χ3v) is 5.62. The summed E-state index contributed by atoms with van der Waals surface area (Å²) in [7, 11) is -0.509. The van der Waals surface area contributed by atoms with Crippen molar-refractivity contribution in [3.63, 3.8) is 0 Å². The molecule has 0 bridgehead atoms. The van der Waals surface area contributed by atoms with E-state index in [1.807, 2.05) is 0 Å². The van der Waals surface area contributed by atoms with Crippen molar-refractivity contribution in [1.29, 1.82) is 0 Å². The van der Waals surface area contributed by atoms with Crippen molar-refractivity contribution in [2.45, 2.75) is 17.7 Å². The van der Waals surface area contributed by atoms with Gasteiger partial charge < -0.3 is 10.1 Å². The van der Waals surface area contributed by atoms with Crippen LogP contribution in [0.5, 0.6) is 0 Å². The van der Waals surface area contributed by atoms with Crippen molar-refractivity contribution in [2.75, 3.05) is 33.9 Å². The molecule has 0 aromatic heterocycles. The summed E-state index contributed by atoms with van der Waals surface area (Å²) in [6.45, 7) is 2.12. The van der Waals surface area contributed by atoms with E-state index in [1.54, 1.807) is 0 Å². The van der Waals surface area contributed by atoms with Crippen LogP contribution in [0.2, 0.25) is 0 Å². The smallest absolute Gasteiger partial charge is 0.251 e. The first kappa shape index (κ1) is 16.9. The Bertz CT molecular complexity index is 605. The summed E-state index contributed by atoms with van der Waals surface area (Å²) >= 11 is 0. The highest BCUT2D eigenvalue weighted by Gasteiger charge is 2.18. The summed E-state index contributed by atoms with van der Waals surface area (Å²) in [6.07, 6.45) is 1.92. The van der Waals surface area contributed by atoms with Crippen LogP contribution in [-0.4, -0.2) is 52.5 Å². The van der Waals surface area contributed by atoms with Crippen LogP contribution in [-0.2, 0) is 14.8 Å². The van der Waals surface area contributed by atoms with E-state index < -0.39 is 10.0 Å². The molecule has 0 radical (unpaired) electrons. The van der Waals surface area contributed by atoms with Gasteiger partial charge in [0.05, 0.1) is 4.90 Å². The molecule has 1 aromatic rings. The quantitative estimate of drug-likeness (QED) is 0.879. The zero-order valence-corrected chi connectivity index (χ0v) is 13.7. The second-order valence-electron chi connectivity index (χ2n) is 5.58. The molecular weight excluding hydrogens is 304 g/mol. The van der Waals surface area contributed by atoms with Gasteiger partial charge in [0.2, 0.25) is 10.0 Å². The fourth-order valence-electron chi connectivity index (χ4n) is 2.28. The van der Waals surface area contributed by atoms with Gasteiger partial charge in [-0.2, -0.15) is 0 Å². The minimum atomic E-state index is -3.46. The van der Waals surface area contributed by atoms with Gasteiger partial charge in [-0.1, -0.05) is 0 Å².